The molecule has 27 heavy (non-hydrogen) atoms. The van der Waals surface area contributed by atoms with Crippen LogP contribution in [0, 0.1) is 0 Å². The number of aryl methyl sites for hydroxylation is 1. The average Bonchev–Trinajstić information content (AvgIpc) is 3.35. The third-order valence-corrected chi connectivity index (χ3v) is 4.53. The molecule has 1 aliphatic rings. The molecule has 0 aliphatic carbocycles. The van der Waals surface area contributed by atoms with Crippen molar-refractivity contribution in [3.63, 3.8) is 0 Å². The van der Waals surface area contributed by atoms with E-state index in [4.69, 9.17) is 9.47 Å². The van der Waals surface area contributed by atoms with Crippen LogP contribution in [0.5, 0.6) is 11.5 Å². The van der Waals surface area contributed by atoms with Crippen molar-refractivity contribution in [3.05, 3.63) is 60.2 Å². The third-order valence-electron chi connectivity index (χ3n) is 4.53. The summed E-state index contributed by atoms with van der Waals surface area (Å²) in [6.45, 7) is 3.18. The summed E-state index contributed by atoms with van der Waals surface area (Å²) in [5.74, 6) is 1.36. The largest absolute Gasteiger partial charge is 0.454 e. The van der Waals surface area contributed by atoms with E-state index in [9.17, 15) is 4.79 Å². The zero-order valence-corrected chi connectivity index (χ0v) is 15.3. The number of ether oxygens (including phenoxy) is 2. The molecule has 7 heteroatoms. The van der Waals surface area contributed by atoms with Gasteiger partial charge in [-0.1, -0.05) is 12.1 Å². The molecular formula is C20H20N4O3. The fourth-order valence-electron chi connectivity index (χ4n) is 3.12. The Kier molecular flexibility index (Phi) is 4.50. The van der Waals surface area contributed by atoms with Crippen LogP contribution in [0.3, 0.4) is 0 Å². The third kappa shape index (κ3) is 3.36. The highest BCUT2D eigenvalue weighted by molar-refractivity contribution is 5.95. The van der Waals surface area contributed by atoms with Crippen LogP contribution in [-0.4, -0.2) is 38.9 Å². The highest BCUT2D eigenvalue weighted by Gasteiger charge is 2.22. The van der Waals surface area contributed by atoms with E-state index < -0.39 is 0 Å². The van der Waals surface area contributed by atoms with Gasteiger partial charge in [0, 0.05) is 55.4 Å². The molecule has 4 rings (SSSR count). The van der Waals surface area contributed by atoms with Crippen LogP contribution in [-0.2, 0) is 13.6 Å². The molecule has 0 fully saturated rings. The van der Waals surface area contributed by atoms with Crippen molar-refractivity contribution in [2.24, 2.45) is 7.05 Å². The van der Waals surface area contributed by atoms with Gasteiger partial charge in [-0.15, -0.1) is 0 Å². The first-order valence-corrected chi connectivity index (χ1v) is 8.76. The van der Waals surface area contributed by atoms with Gasteiger partial charge in [-0.3, -0.25) is 14.5 Å². The quantitative estimate of drug-likeness (QED) is 0.696. The fourth-order valence-corrected chi connectivity index (χ4v) is 3.12. The minimum absolute atomic E-state index is 0.0766. The van der Waals surface area contributed by atoms with Gasteiger partial charge in [0.25, 0.3) is 5.91 Å². The van der Waals surface area contributed by atoms with Crippen LogP contribution in [0.25, 0.3) is 11.1 Å². The Labute approximate surface area is 157 Å². The maximum absolute atomic E-state index is 13.1. The summed E-state index contributed by atoms with van der Waals surface area (Å²) < 4.78 is 12.7. The monoisotopic (exact) mass is 364 g/mol. The molecule has 0 unspecified atom stereocenters. The first-order valence-electron chi connectivity index (χ1n) is 8.76. The number of hydrogen-bond acceptors (Lipinski definition) is 5. The number of amides is 1. The summed E-state index contributed by atoms with van der Waals surface area (Å²) >= 11 is 0. The van der Waals surface area contributed by atoms with Crippen molar-refractivity contribution in [1.82, 2.24) is 19.7 Å². The summed E-state index contributed by atoms with van der Waals surface area (Å²) in [4.78, 5) is 19.1. The first-order chi connectivity index (χ1) is 13.2. The van der Waals surface area contributed by atoms with E-state index in [0.717, 1.165) is 22.4 Å². The molecule has 0 atom stereocenters. The lowest BCUT2D eigenvalue weighted by Crippen LogP contribution is -2.30. The Morgan fingerprint density at radius 3 is 2.89 bits per heavy atom. The van der Waals surface area contributed by atoms with E-state index in [0.29, 0.717) is 24.4 Å². The molecular weight excluding hydrogens is 344 g/mol. The Morgan fingerprint density at radius 2 is 2.11 bits per heavy atom. The minimum Gasteiger partial charge on any atom is -0.454 e. The van der Waals surface area contributed by atoms with E-state index in [1.807, 2.05) is 44.4 Å². The van der Waals surface area contributed by atoms with Crippen LogP contribution < -0.4 is 9.47 Å². The predicted molar refractivity (Wildman–Crippen MR) is 99.4 cm³/mol. The summed E-state index contributed by atoms with van der Waals surface area (Å²) in [6, 6.07) is 7.58. The number of nitrogens with zero attached hydrogens (tertiary/aromatic N) is 4. The number of carbonyl (C=O) groups is 1. The molecule has 138 valence electrons. The van der Waals surface area contributed by atoms with Gasteiger partial charge in [0.15, 0.2) is 11.5 Å². The summed E-state index contributed by atoms with van der Waals surface area (Å²) in [7, 11) is 1.86. The van der Waals surface area contributed by atoms with Gasteiger partial charge >= 0.3 is 0 Å². The number of para-hydroxylation sites is 1. The lowest BCUT2D eigenvalue weighted by Gasteiger charge is -2.22. The molecule has 0 saturated carbocycles. The molecule has 2 aromatic heterocycles. The number of carbonyl (C=O) groups excluding carboxylic acids is 1. The number of benzene rings is 1. The maximum Gasteiger partial charge on any atom is 0.255 e. The molecule has 1 amide bonds. The van der Waals surface area contributed by atoms with Crippen molar-refractivity contribution in [2.75, 3.05) is 13.3 Å². The van der Waals surface area contributed by atoms with Crippen molar-refractivity contribution < 1.29 is 14.3 Å². The highest BCUT2D eigenvalue weighted by atomic mass is 16.7. The molecule has 1 aliphatic heterocycles. The second-order valence-electron chi connectivity index (χ2n) is 6.34. The fraction of sp³-hybridized carbons (Fsp3) is 0.250. The van der Waals surface area contributed by atoms with E-state index in [1.54, 1.807) is 28.2 Å². The van der Waals surface area contributed by atoms with Gasteiger partial charge < -0.3 is 14.4 Å². The van der Waals surface area contributed by atoms with Crippen molar-refractivity contribution in [3.8, 4) is 22.6 Å². The standard InChI is InChI=1S/C20H20N4O3/c1-3-24(12-14-5-4-6-18-19(14)27-13-26-18)20(25)16-7-15(8-21-9-16)17-10-22-23(2)11-17/h4-11H,3,12-13H2,1-2H3. The highest BCUT2D eigenvalue weighted by Crippen LogP contribution is 2.36. The smallest absolute Gasteiger partial charge is 0.255 e. The number of rotatable bonds is 5. The van der Waals surface area contributed by atoms with E-state index in [1.165, 1.54) is 0 Å². The van der Waals surface area contributed by atoms with Crippen LogP contribution in [0.4, 0.5) is 0 Å². The topological polar surface area (TPSA) is 69.5 Å². The van der Waals surface area contributed by atoms with E-state index in [-0.39, 0.29) is 12.7 Å². The lowest BCUT2D eigenvalue weighted by atomic mass is 10.1. The van der Waals surface area contributed by atoms with Gasteiger partial charge in [0.05, 0.1) is 11.8 Å². The SMILES string of the molecule is CCN(Cc1cccc2c1OCO2)C(=O)c1cncc(-c2cnn(C)c2)c1. The van der Waals surface area contributed by atoms with E-state index in [2.05, 4.69) is 10.1 Å². The Bertz CT molecular complexity index is 983. The Morgan fingerprint density at radius 1 is 1.22 bits per heavy atom. The summed E-state index contributed by atoms with van der Waals surface area (Å²) in [5, 5.41) is 4.18. The predicted octanol–water partition coefficient (Wildman–Crippen LogP) is 2.87. The average molecular weight is 364 g/mol. The molecule has 0 spiro atoms. The first kappa shape index (κ1) is 17.1. The Balaban J connectivity index is 1.58. The summed E-state index contributed by atoms with van der Waals surface area (Å²) in [5.41, 5.74) is 3.26. The molecule has 1 aromatic carbocycles. The zero-order chi connectivity index (χ0) is 18.8. The number of fused-ring (bicyclic) bond motifs is 1. The second-order valence-corrected chi connectivity index (χ2v) is 6.34. The lowest BCUT2D eigenvalue weighted by molar-refractivity contribution is 0.0751. The summed E-state index contributed by atoms with van der Waals surface area (Å²) in [6.07, 6.45) is 6.99. The van der Waals surface area contributed by atoms with Crippen molar-refractivity contribution in [2.45, 2.75) is 13.5 Å². The molecule has 7 nitrogen and oxygen atoms in total. The van der Waals surface area contributed by atoms with Gasteiger partial charge in [-0.05, 0) is 19.1 Å². The Hall–Kier alpha value is -3.35. The zero-order valence-electron chi connectivity index (χ0n) is 15.3. The van der Waals surface area contributed by atoms with Crippen LogP contribution >= 0.6 is 0 Å². The van der Waals surface area contributed by atoms with Gasteiger partial charge in [0.1, 0.15) is 0 Å². The number of aromatic nitrogens is 3. The molecule has 0 saturated heterocycles. The van der Waals surface area contributed by atoms with Crippen LogP contribution in [0.15, 0.2) is 49.1 Å². The molecule has 0 bridgehead atoms. The number of pyridine rings is 1. The maximum atomic E-state index is 13.1. The van der Waals surface area contributed by atoms with Crippen LogP contribution in [0.1, 0.15) is 22.8 Å². The van der Waals surface area contributed by atoms with Gasteiger partial charge in [0.2, 0.25) is 6.79 Å². The second kappa shape index (κ2) is 7.11. The van der Waals surface area contributed by atoms with Crippen LogP contribution in [0.2, 0.25) is 0 Å². The minimum atomic E-state index is -0.0766. The normalized spacial score (nSPS) is 12.2. The van der Waals surface area contributed by atoms with E-state index >= 15 is 0 Å². The van der Waals surface area contributed by atoms with Crippen molar-refractivity contribution >= 4 is 5.91 Å². The van der Waals surface area contributed by atoms with Gasteiger partial charge in [-0.25, -0.2) is 0 Å². The number of hydrogen-bond donors (Lipinski definition) is 0. The molecule has 3 heterocycles. The molecule has 0 N–H and O–H groups in total. The van der Waals surface area contributed by atoms with Crippen molar-refractivity contribution in [1.29, 1.82) is 0 Å². The van der Waals surface area contributed by atoms with Gasteiger partial charge in [-0.2, -0.15) is 5.10 Å². The molecule has 0 radical (unpaired) electrons. The molecule has 3 aromatic rings.